The maximum Gasteiger partial charge on any atom is 0.273 e. The van der Waals surface area contributed by atoms with E-state index in [0.29, 0.717) is 5.92 Å². The van der Waals surface area contributed by atoms with Crippen molar-refractivity contribution in [2.45, 2.75) is 58.1 Å². The Morgan fingerprint density at radius 1 is 1.05 bits per heavy atom. The number of thiazole rings is 1. The molecule has 7 heteroatoms. The minimum absolute atomic E-state index is 0.00558. The summed E-state index contributed by atoms with van der Waals surface area (Å²) >= 11 is 5.11. The van der Waals surface area contributed by atoms with Crippen LogP contribution in [0, 0.1) is 19.8 Å². The maximum absolute atomic E-state index is 13.3. The van der Waals surface area contributed by atoms with E-state index in [1.807, 2.05) is 37.4 Å². The van der Waals surface area contributed by atoms with Crippen LogP contribution in [-0.2, 0) is 0 Å². The van der Waals surface area contributed by atoms with Gasteiger partial charge in [0.25, 0.3) is 11.1 Å². The van der Waals surface area contributed by atoms with Crippen molar-refractivity contribution in [2.75, 3.05) is 26.2 Å². The summed E-state index contributed by atoms with van der Waals surface area (Å²) in [4.78, 5) is 22.5. The molecule has 196 valence electrons. The highest BCUT2D eigenvalue weighted by atomic mass is 79.9. The molecule has 5 nitrogen and oxygen atoms in total. The Bertz CT molecular complexity index is 1180. The highest BCUT2D eigenvalue weighted by molar-refractivity contribution is 9.10. The fourth-order valence-electron chi connectivity index (χ4n) is 6.03. The number of halogens is 1. The van der Waals surface area contributed by atoms with E-state index in [1.165, 1.54) is 5.56 Å². The minimum atomic E-state index is 0.00558. The van der Waals surface area contributed by atoms with Gasteiger partial charge in [-0.3, -0.25) is 9.69 Å². The number of aryl methyl sites for hydroxylation is 2. The average Bonchev–Trinajstić information content (AvgIpc) is 3.42. The predicted octanol–water partition coefficient (Wildman–Crippen LogP) is 7.05. The SMILES string of the molecule is Cc1cccc(C)c1C(=O)N1CCC(C)(N2CCC(C(Oc3nccs3)c3ccc(Br)cc3)CC2)CC1. The molecule has 2 aromatic carbocycles. The standard InChI is InChI=1S/C30H36BrN3O2S/c1-21-5-4-6-22(2)26(21)28(35)33-18-13-30(3,14-19-33)34-16-11-24(12-17-34)27(36-29-32-15-20-37-29)23-7-9-25(31)10-8-23/h4-10,15,20,24,27H,11-14,16-19H2,1-3H3. The normalized spacial score (nSPS) is 19.5. The number of nitrogens with zero attached hydrogens (tertiary/aromatic N) is 3. The summed E-state index contributed by atoms with van der Waals surface area (Å²) in [7, 11) is 0. The van der Waals surface area contributed by atoms with Crippen molar-refractivity contribution in [2.24, 2.45) is 5.92 Å². The average molecular weight is 583 g/mol. The van der Waals surface area contributed by atoms with Crippen LogP contribution in [0.1, 0.15) is 65.8 Å². The monoisotopic (exact) mass is 581 g/mol. The Kier molecular flexibility index (Phi) is 8.03. The van der Waals surface area contributed by atoms with Crippen LogP contribution in [-0.4, -0.2) is 52.4 Å². The molecule has 0 N–H and O–H groups in total. The maximum atomic E-state index is 13.3. The third-order valence-electron chi connectivity index (χ3n) is 8.39. The van der Waals surface area contributed by atoms with Crippen molar-refractivity contribution in [3.8, 4) is 5.19 Å². The van der Waals surface area contributed by atoms with Gasteiger partial charge in [0.2, 0.25) is 0 Å². The molecule has 0 radical (unpaired) electrons. The van der Waals surface area contributed by atoms with Gasteiger partial charge in [-0.25, -0.2) is 4.98 Å². The van der Waals surface area contributed by atoms with Crippen molar-refractivity contribution in [1.82, 2.24) is 14.8 Å². The van der Waals surface area contributed by atoms with Gasteiger partial charge in [-0.1, -0.05) is 57.6 Å². The summed E-state index contributed by atoms with van der Waals surface area (Å²) in [6, 6.07) is 14.6. The van der Waals surface area contributed by atoms with Crippen molar-refractivity contribution in [3.05, 3.63) is 80.8 Å². The first-order valence-corrected chi connectivity index (χ1v) is 14.9. The van der Waals surface area contributed by atoms with Crippen molar-refractivity contribution >= 4 is 33.2 Å². The van der Waals surface area contributed by atoms with E-state index in [2.05, 4.69) is 61.9 Å². The number of carbonyl (C=O) groups excluding carboxylic acids is 1. The second kappa shape index (κ2) is 11.3. The molecule has 0 saturated carbocycles. The van der Waals surface area contributed by atoms with E-state index in [0.717, 1.165) is 78.2 Å². The molecule has 1 unspecified atom stereocenters. The van der Waals surface area contributed by atoms with E-state index in [1.54, 1.807) is 17.5 Å². The summed E-state index contributed by atoms with van der Waals surface area (Å²) < 4.78 is 7.54. The van der Waals surface area contributed by atoms with Gasteiger partial charge in [0.1, 0.15) is 6.10 Å². The van der Waals surface area contributed by atoms with Crippen LogP contribution in [0.25, 0.3) is 0 Å². The first kappa shape index (κ1) is 26.4. The van der Waals surface area contributed by atoms with Gasteiger partial charge in [0.15, 0.2) is 0 Å². The van der Waals surface area contributed by atoms with Crippen LogP contribution in [0.15, 0.2) is 58.5 Å². The summed E-state index contributed by atoms with van der Waals surface area (Å²) in [6.45, 7) is 10.2. The van der Waals surface area contributed by atoms with Crippen molar-refractivity contribution < 1.29 is 9.53 Å². The van der Waals surface area contributed by atoms with Gasteiger partial charge in [0.05, 0.1) is 0 Å². The smallest absolute Gasteiger partial charge is 0.273 e. The topological polar surface area (TPSA) is 45.7 Å². The fraction of sp³-hybridized carbons (Fsp3) is 0.467. The second-order valence-electron chi connectivity index (χ2n) is 10.8. The molecule has 0 aliphatic carbocycles. The molecule has 2 aliphatic heterocycles. The summed E-state index contributed by atoms with van der Waals surface area (Å²) in [5.74, 6) is 0.628. The lowest BCUT2D eigenvalue weighted by atomic mass is 9.82. The van der Waals surface area contributed by atoms with E-state index < -0.39 is 0 Å². The molecule has 1 atom stereocenters. The molecule has 1 amide bonds. The van der Waals surface area contributed by atoms with Gasteiger partial charge in [-0.05, 0) is 88.4 Å². The number of hydrogen-bond acceptors (Lipinski definition) is 5. The molecule has 2 saturated heterocycles. The zero-order valence-electron chi connectivity index (χ0n) is 22.0. The third kappa shape index (κ3) is 5.79. The Morgan fingerprint density at radius 2 is 1.70 bits per heavy atom. The molecule has 3 aromatic rings. The predicted molar refractivity (Wildman–Crippen MR) is 153 cm³/mol. The second-order valence-corrected chi connectivity index (χ2v) is 12.5. The first-order valence-electron chi connectivity index (χ1n) is 13.3. The number of ether oxygens (including phenoxy) is 1. The Morgan fingerprint density at radius 3 is 2.30 bits per heavy atom. The van der Waals surface area contributed by atoms with Crippen LogP contribution < -0.4 is 4.74 Å². The number of carbonyl (C=O) groups is 1. The highest BCUT2D eigenvalue weighted by Gasteiger charge is 2.40. The van der Waals surface area contributed by atoms with E-state index in [4.69, 9.17) is 4.74 Å². The molecule has 5 rings (SSSR count). The van der Waals surface area contributed by atoms with E-state index in [-0.39, 0.29) is 17.6 Å². The van der Waals surface area contributed by atoms with Gasteiger partial charge in [0, 0.05) is 46.2 Å². The molecular formula is C30H36BrN3O2S. The van der Waals surface area contributed by atoms with Crippen LogP contribution in [0.5, 0.6) is 5.19 Å². The summed E-state index contributed by atoms with van der Waals surface area (Å²) in [5, 5.41) is 2.71. The number of aromatic nitrogens is 1. The van der Waals surface area contributed by atoms with E-state index in [9.17, 15) is 4.79 Å². The first-order chi connectivity index (χ1) is 17.8. The molecule has 0 spiro atoms. The van der Waals surface area contributed by atoms with E-state index >= 15 is 0 Å². The lowest BCUT2D eigenvalue weighted by Crippen LogP contribution is -2.56. The number of piperidine rings is 2. The molecule has 2 fully saturated rings. The number of hydrogen-bond donors (Lipinski definition) is 0. The number of benzene rings is 2. The van der Waals surface area contributed by atoms with Gasteiger partial charge < -0.3 is 9.64 Å². The Balaban J connectivity index is 1.22. The molecule has 37 heavy (non-hydrogen) atoms. The zero-order valence-corrected chi connectivity index (χ0v) is 24.4. The van der Waals surface area contributed by atoms with Crippen LogP contribution in [0.2, 0.25) is 0 Å². The number of rotatable bonds is 6. The Hall–Kier alpha value is -2.22. The van der Waals surface area contributed by atoms with Gasteiger partial charge in [-0.2, -0.15) is 0 Å². The molecule has 3 heterocycles. The van der Waals surface area contributed by atoms with Crippen molar-refractivity contribution in [3.63, 3.8) is 0 Å². The third-order valence-corrected chi connectivity index (χ3v) is 9.58. The largest absolute Gasteiger partial charge is 0.462 e. The number of likely N-dealkylation sites (tertiary alicyclic amines) is 2. The van der Waals surface area contributed by atoms with Crippen LogP contribution in [0.3, 0.4) is 0 Å². The quantitative estimate of drug-likeness (QED) is 0.313. The fourth-order valence-corrected chi connectivity index (χ4v) is 6.81. The summed E-state index contributed by atoms with van der Waals surface area (Å²) in [5.41, 5.74) is 4.36. The molecular weight excluding hydrogens is 546 g/mol. The van der Waals surface area contributed by atoms with Crippen molar-refractivity contribution in [1.29, 1.82) is 0 Å². The zero-order chi connectivity index (χ0) is 26.0. The Labute approximate surface area is 233 Å². The molecule has 0 bridgehead atoms. The minimum Gasteiger partial charge on any atom is -0.462 e. The number of amides is 1. The van der Waals surface area contributed by atoms with Gasteiger partial charge >= 0.3 is 0 Å². The molecule has 1 aromatic heterocycles. The lowest BCUT2D eigenvalue weighted by molar-refractivity contribution is -0.00554. The summed E-state index contributed by atoms with van der Waals surface area (Å²) in [6.07, 6.45) is 6.02. The molecule has 2 aliphatic rings. The van der Waals surface area contributed by atoms with Crippen LogP contribution >= 0.6 is 27.3 Å². The highest BCUT2D eigenvalue weighted by Crippen LogP contribution is 2.39. The van der Waals surface area contributed by atoms with Crippen LogP contribution in [0.4, 0.5) is 0 Å². The lowest BCUT2D eigenvalue weighted by Gasteiger charge is -2.50. The van der Waals surface area contributed by atoms with Gasteiger partial charge in [-0.15, -0.1) is 0 Å².